The minimum Gasteiger partial charge on any atom is -0.345 e. The molecule has 3 rings (SSSR count). The van der Waals surface area contributed by atoms with Gasteiger partial charge in [-0.05, 0) is 37.1 Å². The van der Waals surface area contributed by atoms with Gasteiger partial charge in [0.1, 0.15) is 0 Å². The third kappa shape index (κ3) is 3.26. The molecule has 3 aromatic rings. The number of H-pyrrole nitrogens is 1. The number of rotatable bonds is 5. The number of aryl methyl sites for hydroxylation is 1. The van der Waals surface area contributed by atoms with Crippen LogP contribution in [-0.4, -0.2) is 16.1 Å². The van der Waals surface area contributed by atoms with Crippen LogP contribution in [0, 0.1) is 6.92 Å². The first kappa shape index (κ1) is 15.3. The summed E-state index contributed by atoms with van der Waals surface area (Å²) in [6, 6.07) is 15.8. The molecule has 0 fully saturated rings. The molecule has 1 atom stereocenters. The molecule has 1 amide bonds. The van der Waals surface area contributed by atoms with Gasteiger partial charge in [-0.3, -0.25) is 9.89 Å². The second kappa shape index (κ2) is 6.65. The maximum absolute atomic E-state index is 12.6. The number of nitrogens with one attached hydrogen (secondary N) is 2. The first-order valence-corrected chi connectivity index (χ1v) is 7.99. The number of aromatic amines is 1. The van der Waals surface area contributed by atoms with E-state index in [2.05, 4.69) is 34.6 Å². The average Bonchev–Trinajstić information content (AvgIpc) is 2.96. The summed E-state index contributed by atoms with van der Waals surface area (Å²) in [6.07, 6.45) is 1.93. The Balaban J connectivity index is 1.84. The minimum atomic E-state index is -0.0465. The van der Waals surface area contributed by atoms with Crippen molar-refractivity contribution < 1.29 is 4.79 Å². The van der Waals surface area contributed by atoms with Gasteiger partial charge in [-0.15, -0.1) is 0 Å². The molecule has 0 radical (unpaired) electrons. The maximum Gasteiger partial charge on any atom is 0.251 e. The Morgan fingerprint density at radius 2 is 2.00 bits per heavy atom. The van der Waals surface area contributed by atoms with E-state index in [1.54, 1.807) is 0 Å². The lowest BCUT2D eigenvalue weighted by atomic mass is 10.0. The Hall–Kier alpha value is -2.62. The van der Waals surface area contributed by atoms with Crippen molar-refractivity contribution in [3.05, 3.63) is 65.4 Å². The summed E-state index contributed by atoms with van der Waals surface area (Å²) in [6.45, 7) is 4.09. The van der Waals surface area contributed by atoms with Crippen LogP contribution in [0.5, 0.6) is 0 Å². The van der Waals surface area contributed by atoms with Crippen LogP contribution in [0.1, 0.15) is 47.4 Å². The van der Waals surface area contributed by atoms with Crippen LogP contribution < -0.4 is 5.32 Å². The summed E-state index contributed by atoms with van der Waals surface area (Å²) in [5.74, 6) is -0.0465. The fourth-order valence-corrected chi connectivity index (χ4v) is 2.82. The van der Waals surface area contributed by atoms with Gasteiger partial charge in [0.25, 0.3) is 5.91 Å². The highest BCUT2D eigenvalue weighted by molar-refractivity contribution is 5.98. The lowest BCUT2D eigenvalue weighted by Crippen LogP contribution is -2.28. The molecule has 4 heteroatoms. The van der Waals surface area contributed by atoms with E-state index in [1.807, 2.05) is 43.3 Å². The Labute approximate surface area is 135 Å². The van der Waals surface area contributed by atoms with Crippen LogP contribution in [0.2, 0.25) is 0 Å². The standard InChI is InChI=1S/C19H21N3O/c1-3-7-17(14-8-5-4-6-9-14)20-19(23)15-10-11-18-16(12-15)13(2)21-22-18/h4-6,8-12,17H,3,7H2,1-2H3,(H,20,23)(H,21,22). The van der Waals surface area contributed by atoms with Crippen molar-refractivity contribution in [2.24, 2.45) is 0 Å². The van der Waals surface area contributed by atoms with Crippen LogP contribution in [-0.2, 0) is 0 Å². The molecule has 0 aliphatic carbocycles. The van der Waals surface area contributed by atoms with Crippen molar-refractivity contribution in [3.63, 3.8) is 0 Å². The van der Waals surface area contributed by atoms with Crippen molar-refractivity contribution in [2.75, 3.05) is 0 Å². The second-order valence-electron chi connectivity index (χ2n) is 5.81. The fourth-order valence-electron chi connectivity index (χ4n) is 2.82. The topological polar surface area (TPSA) is 57.8 Å². The predicted molar refractivity (Wildman–Crippen MR) is 92.4 cm³/mol. The number of fused-ring (bicyclic) bond motifs is 1. The molecule has 0 spiro atoms. The number of carbonyl (C=O) groups excluding carboxylic acids is 1. The highest BCUT2D eigenvalue weighted by Crippen LogP contribution is 2.21. The average molecular weight is 307 g/mol. The van der Waals surface area contributed by atoms with Crippen LogP contribution in [0.25, 0.3) is 10.9 Å². The van der Waals surface area contributed by atoms with E-state index in [0.29, 0.717) is 5.56 Å². The monoisotopic (exact) mass is 307 g/mol. The number of carbonyl (C=O) groups is 1. The molecular formula is C19H21N3O. The van der Waals surface area contributed by atoms with Gasteiger partial charge >= 0.3 is 0 Å². The van der Waals surface area contributed by atoms with Gasteiger partial charge in [-0.1, -0.05) is 43.7 Å². The van der Waals surface area contributed by atoms with E-state index in [9.17, 15) is 4.79 Å². The van der Waals surface area contributed by atoms with Gasteiger partial charge in [0, 0.05) is 16.6 Å². The van der Waals surface area contributed by atoms with E-state index in [1.165, 1.54) is 0 Å². The summed E-state index contributed by atoms with van der Waals surface area (Å²) in [4.78, 5) is 12.6. The molecule has 0 aliphatic rings. The van der Waals surface area contributed by atoms with Gasteiger partial charge < -0.3 is 5.32 Å². The Kier molecular flexibility index (Phi) is 4.42. The quantitative estimate of drug-likeness (QED) is 0.744. The zero-order chi connectivity index (χ0) is 16.2. The molecule has 1 aromatic heterocycles. The molecule has 1 heterocycles. The molecular weight excluding hydrogens is 286 g/mol. The van der Waals surface area contributed by atoms with Crippen molar-refractivity contribution in [1.82, 2.24) is 15.5 Å². The molecule has 2 N–H and O–H groups in total. The summed E-state index contributed by atoms with van der Waals surface area (Å²) in [7, 11) is 0. The van der Waals surface area contributed by atoms with Gasteiger partial charge in [-0.25, -0.2) is 0 Å². The Morgan fingerprint density at radius 1 is 1.22 bits per heavy atom. The number of benzene rings is 2. The molecule has 0 bridgehead atoms. The van der Waals surface area contributed by atoms with Crippen molar-refractivity contribution in [2.45, 2.75) is 32.7 Å². The third-order valence-electron chi connectivity index (χ3n) is 4.09. The lowest BCUT2D eigenvalue weighted by molar-refractivity contribution is 0.0934. The number of aromatic nitrogens is 2. The molecule has 0 saturated carbocycles. The number of hydrogen-bond acceptors (Lipinski definition) is 2. The fraction of sp³-hybridized carbons (Fsp3) is 0.263. The van der Waals surface area contributed by atoms with Gasteiger partial charge in [0.15, 0.2) is 0 Å². The van der Waals surface area contributed by atoms with Crippen molar-refractivity contribution >= 4 is 16.8 Å². The predicted octanol–water partition coefficient (Wildman–Crippen LogP) is 4.14. The highest BCUT2D eigenvalue weighted by Gasteiger charge is 2.15. The van der Waals surface area contributed by atoms with E-state index in [-0.39, 0.29) is 11.9 Å². The lowest BCUT2D eigenvalue weighted by Gasteiger charge is -2.18. The van der Waals surface area contributed by atoms with E-state index < -0.39 is 0 Å². The SMILES string of the molecule is CCCC(NC(=O)c1ccc2n[nH]c(C)c2c1)c1ccccc1. The molecule has 0 saturated heterocycles. The van der Waals surface area contributed by atoms with Gasteiger partial charge in [0.2, 0.25) is 0 Å². The second-order valence-corrected chi connectivity index (χ2v) is 5.81. The molecule has 118 valence electrons. The summed E-state index contributed by atoms with van der Waals surface area (Å²) in [5.41, 5.74) is 3.66. The highest BCUT2D eigenvalue weighted by atomic mass is 16.1. The number of nitrogens with zero attached hydrogens (tertiary/aromatic N) is 1. The number of amides is 1. The van der Waals surface area contributed by atoms with Crippen LogP contribution >= 0.6 is 0 Å². The zero-order valence-electron chi connectivity index (χ0n) is 13.5. The minimum absolute atomic E-state index is 0.0369. The molecule has 1 unspecified atom stereocenters. The van der Waals surface area contributed by atoms with E-state index in [4.69, 9.17) is 0 Å². The summed E-state index contributed by atoms with van der Waals surface area (Å²) < 4.78 is 0. The maximum atomic E-state index is 12.6. The third-order valence-corrected chi connectivity index (χ3v) is 4.09. The summed E-state index contributed by atoms with van der Waals surface area (Å²) in [5, 5.41) is 11.3. The van der Waals surface area contributed by atoms with Crippen LogP contribution in [0.15, 0.2) is 48.5 Å². The first-order valence-electron chi connectivity index (χ1n) is 7.99. The normalized spacial score (nSPS) is 12.3. The van der Waals surface area contributed by atoms with Gasteiger partial charge in [-0.2, -0.15) is 5.10 Å². The van der Waals surface area contributed by atoms with Crippen molar-refractivity contribution in [3.8, 4) is 0 Å². The van der Waals surface area contributed by atoms with E-state index in [0.717, 1.165) is 35.0 Å². The molecule has 2 aromatic carbocycles. The van der Waals surface area contributed by atoms with E-state index >= 15 is 0 Å². The molecule has 4 nitrogen and oxygen atoms in total. The van der Waals surface area contributed by atoms with Crippen molar-refractivity contribution in [1.29, 1.82) is 0 Å². The number of hydrogen-bond donors (Lipinski definition) is 2. The Bertz CT molecular complexity index is 808. The largest absolute Gasteiger partial charge is 0.345 e. The first-order chi connectivity index (χ1) is 11.2. The van der Waals surface area contributed by atoms with Crippen LogP contribution in [0.4, 0.5) is 0 Å². The summed E-state index contributed by atoms with van der Waals surface area (Å²) >= 11 is 0. The van der Waals surface area contributed by atoms with Crippen LogP contribution in [0.3, 0.4) is 0 Å². The molecule has 0 aliphatic heterocycles. The zero-order valence-corrected chi connectivity index (χ0v) is 13.5. The smallest absolute Gasteiger partial charge is 0.251 e. The Morgan fingerprint density at radius 3 is 2.74 bits per heavy atom. The molecule has 23 heavy (non-hydrogen) atoms. The van der Waals surface area contributed by atoms with Gasteiger partial charge in [0.05, 0.1) is 11.6 Å².